The lowest BCUT2D eigenvalue weighted by molar-refractivity contribution is -0.133. The molecule has 0 unspecified atom stereocenters. The monoisotopic (exact) mass is 420 g/mol. The fourth-order valence-electron chi connectivity index (χ4n) is 3.46. The number of methoxy groups -OCH3 is 2. The molecule has 1 atom stereocenters. The molecule has 1 amide bonds. The van der Waals surface area contributed by atoms with Crippen molar-refractivity contribution in [1.82, 2.24) is 9.79 Å². The molecule has 0 spiro atoms. The molecular formula is C20H24N2O6S. The number of hydrogen-bond acceptors (Lipinski definition) is 6. The molecule has 0 radical (unpaired) electrons. The molecule has 3 rings (SSSR count). The van der Waals surface area contributed by atoms with Crippen LogP contribution in [0.2, 0.25) is 0 Å². The molecule has 29 heavy (non-hydrogen) atoms. The molecule has 1 heterocycles. The van der Waals surface area contributed by atoms with Gasteiger partial charge in [0.25, 0.3) is 5.91 Å². The van der Waals surface area contributed by atoms with Crippen LogP contribution in [0.5, 0.6) is 11.5 Å². The smallest absolute Gasteiger partial charge is 0.261 e. The highest BCUT2D eigenvalue weighted by molar-refractivity contribution is 7.89. The summed E-state index contributed by atoms with van der Waals surface area (Å²) in [5, 5.41) is 8.94. The molecule has 2 N–H and O–H groups in total. The molecule has 0 saturated carbocycles. The molecule has 0 aliphatic carbocycles. The highest BCUT2D eigenvalue weighted by atomic mass is 32.2. The Morgan fingerprint density at radius 3 is 2.38 bits per heavy atom. The van der Waals surface area contributed by atoms with E-state index in [0.717, 1.165) is 21.0 Å². The fraction of sp³-hybridized carbons (Fsp3) is 0.350. The van der Waals surface area contributed by atoms with Gasteiger partial charge in [-0.05, 0) is 41.7 Å². The normalized spacial score (nSPS) is 18.8. The van der Waals surface area contributed by atoms with Crippen LogP contribution in [-0.4, -0.2) is 49.9 Å². The van der Waals surface area contributed by atoms with Gasteiger partial charge in [0.1, 0.15) is 6.04 Å². The minimum Gasteiger partial charge on any atom is -0.493 e. The SMILES string of the molecule is COc1ccc(-c2ccc(CN3[C@@H](C(=O)NO)CCCS3(=O)=O)cc2)cc1OC. The van der Waals surface area contributed by atoms with Gasteiger partial charge < -0.3 is 9.47 Å². The highest BCUT2D eigenvalue weighted by Gasteiger charge is 2.38. The number of amides is 1. The Hall–Kier alpha value is -2.62. The van der Waals surface area contributed by atoms with Crippen LogP contribution in [0, 0.1) is 0 Å². The molecule has 1 aliphatic heterocycles. The third kappa shape index (κ3) is 4.52. The van der Waals surface area contributed by atoms with E-state index in [9.17, 15) is 13.2 Å². The third-order valence-corrected chi connectivity index (χ3v) is 6.91. The van der Waals surface area contributed by atoms with E-state index in [0.29, 0.717) is 24.3 Å². The second-order valence-corrected chi connectivity index (χ2v) is 8.80. The molecule has 1 aliphatic rings. The Morgan fingerprint density at radius 2 is 1.76 bits per heavy atom. The molecule has 1 saturated heterocycles. The number of carbonyl (C=O) groups excluding carboxylic acids is 1. The summed E-state index contributed by atoms with van der Waals surface area (Å²) in [7, 11) is -0.427. The summed E-state index contributed by atoms with van der Waals surface area (Å²) < 4.78 is 36.7. The van der Waals surface area contributed by atoms with Crippen molar-refractivity contribution in [1.29, 1.82) is 0 Å². The van der Waals surface area contributed by atoms with Gasteiger partial charge in [0.05, 0.1) is 20.0 Å². The molecule has 9 heteroatoms. The minimum absolute atomic E-state index is 0.00800. The van der Waals surface area contributed by atoms with Gasteiger partial charge in [0.2, 0.25) is 10.0 Å². The van der Waals surface area contributed by atoms with E-state index in [1.807, 2.05) is 42.5 Å². The number of ether oxygens (including phenoxy) is 2. The first-order valence-electron chi connectivity index (χ1n) is 9.14. The first kappa shape index (κ1) is 21.1. The quantitative estimate of drug-likeness (QED) is 0.548. The van der Waals surface area contributed by atoms with Crippen molar-refractivity contribution in [2.45, 2.75) is 25.4 Å². The number of hydrogen-bond donors (Lipinski definition) is 2. The van der Waals surface area contributed by atoms with E-state index in [2.05, 4.69) is 0 Å². The number of rotatable bonds is 6. The molecule has 2 aromatic carbocycles. The lowest BCUT2D eigenvalue weighted by Crippen LogP contribution is -2.51. The summed E-state index contributed by atoms with van der Waals surface area (Å²) in [6, 6.07) is 12.1. The number of carbonyl (C=O) groups is 1. The summed E-state index contributed by atoms with van der Waals surface area (Å²) in [5.41, 5.74) is 4.18. The minimum atomic E-state index is -3.57. The van der Waals surface area contributed by atoms with E-state index in [1.165, 1.54) is 0 Å². The zero-order chi connectivity index (χ0) is 21.0. The maximum Gasteiger partial charge on any atom is 0.261 e. The van der Waals surface area contributed by atoms with Crippen molar-refractivity contribution in [3.05, 3.63) is 48.0 Å². The maximum absolute atomic E-state index is 12.5. The standard InChI is InChI=1S/C20H24N2O6S/c1-27-18-10-9-16(12-19(18)28-2)15-7-5-14(6-8-15)13-22-17(20(23)21-24)4-3-11-29(22,25)26/h5-10,12,17,24H,3-4,11,13H2,1-2H3,(H,21,23)/t17-/m1/s1. The van der Waals surface area contributed by atoms with Crippen LogP contribution < -0.4 is 15.0 Å². The van der Waals surface area contributed by atoms with Crippen molar-refractivity contribution in [3.63, 3.8) is 0 Å². The number of nitrogens with zero attached hydrogens (tertiary/aromatic N) is 1. The number of hydroxylamine groups is 1. The number of benzene rings is 2. The van der Waals surface area contributed by atoms with Crippen molar-refractivity contribution in [3.8, 4) is 22.6 Å². The molecule has 2 aromatic rings. The summed E-state index contributed by atoms with van der Waals surface area (Å²) >= 11 is 0. The Kier molecular flexibility index (Phi) is 6.41. The molecule has 0 aromatic heterocycles. The topological polar surface area (TPSA) is 105 Å². The predicted octanol–water partition coefficient (Wildman–Crippen LogP) is 2.17. The Bertz CT molecular complexity index is 975. The van der Waals surface area contributed by atoms with Crippen LogP contribution >= 0.6 is 0 Å². The van der Waals surface area contributed by atoms with Gasteiger partial charge in [0.15, 0.2) is 11.5 Å². The average Bonchev–Trinajstić information content (AvgIpc) is 2.74. The molecule has 1 fully saturated rings. The second kappa shape index (κ2) is 8.81. The van der Waals surface area contributed by atoms with Gasteiger partial charge in [0, 0.05) is 6.54 Å². The summed E-state index contributed by atoms with van der Waals surface area (Å²) in [6.07, 6.45) is 0.754. The van der Waals surface area contributed by atoms with E-state index in [4.69, 9.17) is 14.7 Å². The van der Waals surface area contributed by atoms with Gasteiger partial charge in [-0.15, -0.1) is 0 Å². The van der Waals surface area contributed by atoms with Crippen molar-refractivity contribution >= 4 is 15.9 Å². The van der Waals surface area contributed by atoms with Crippen molar-refractivity contribution in [2.75, 3.05) is 20.0 Å². The van der Waals surface area contributed by atoms with Gasteiger partial charge in [-0.1, -0.05) is 30.3 Å². The second-order valence-electron chi connectivity index (χ2n) is 6.76. The number of nitrogens with one attached hydrogen (secondary N) is 1. The van der Waals surface area contributed by atoms with Gasteiger partial charge in [-0.25, -0.2) is 13.9 Å². The first-order valence-corrected chi connectivity index (χ1v) is 10.8. The summed E-state index contributed by atoms with van der Waals surface area (Å²) in [5.74, 6) is 0.532. The zero-order valence-electron chi connectivity index (χ0n) is 16.3. The molecular weight excluding hydrogens is 396 g/mol. The highest BCUT2D eigenvalue weighted by Crippen LogP contribution is 2.32. The van der Waals surface area contributed by atoms with E-state index in [1.54, 1.807) is 19.7 Å². The largest absolute Gasteiger partial charge is 0.493 e. The molecule has 0 bridgehead atoms. The van der Waals surface area contributed by atoms with E-state index >= 15 is 0 Å². The summed E-state index contributed by atoms with van der Waals surface area (Å²) in [6.45, 7) is 0.0621. The van der Waals surface area contributed by atoms with E-state index < -0.39 is 22.0 Å². The Morgan fingerprint density at radius 1 is 1.10 bits per heavy atom. The van der Waals surface area contributed by atoms with Crippen LogP contribution in [0.1, 0.15) is 18.4 Å². The third-order valence-electron chi connectivity index (χ3n) is 5.01. The lowest BCUT2D eigenvalue weighted by atomic mass is 10.0. The van der Waals surface area contributed by atoms with Crippen LogP contribution in [0.15, 0.2) is 42.5 Å². The van der Waals surface area contributed by atoms with Crippen LogP contribution in [-0.2, 0) is 21.4 Å². The summed E-state index contributed by atoms with van der Waals surface area (Å²) in [4.78, 5) is 11.9. The number of sulfonamides is 1. The van der Waals surface area contributed by atoms with Gasteiger partial charge in [-0.3, -0.25) is 10.0 Å². The fourth-order valence-corrected chi connectivity index (χ4v) is 5.16. The first-order chi connectivity index (χ1) is 13.9. The van der Waals surface area contributed by atoms with Crippen molar-refractivity contribution in [2.24, 2.45) is 0 Å². The van der Waals surface area contributed by atoms with Crippen LogP contribution in [0.25, 0.3) is 11.1 Å². The zero-order valence-corrected chi connectivity index (χ0v) is 17.1. The van der Waals surface area contributed by atoms with E-state index in [-0.39, 0.29) is 12.3 Å². The predicted molar refractivity (Wildman–Crippen MR) is 107 cm³/mol. The van der Waals surface area contributed by atoms with Gasteiger partial charge in [-0.2, -0.15) is 4.31 Å². The Balaban J connectivity index is 1.83. The van der Waals surface area contributed by atoms with Gasteiger partial charge >= 0.3 is 0 Å². The average molecular weight is 420 g/mol. The molecule has 8 nitrogen and oxygen atoms in total. The van der Waals surface area contributed by atoms with Crippen LogP contribution in [0.4, 0.5) is 0 Å². The lowest BCUT2D eigenvalue weighted by Gasteiger charge is -2.33. The maximum atomic E-state index is 12.5. The van der Waals surface area contributed by atoms with Crippen molar-refractivity contribution < 1.29 is 27.9 Å². The van der Waals surface area contributed by atoms with Crippen LogP contribution in [0.3, 0.4) is 0 Å². The molecule has 156 valence electrons. The Labute approximate surface area is 170 Å².